The Morgan fingerprint density at radius 1 is 1.22 bits per heavy atom. The van der Waals surface area contributed by atoms with Gasteiger partial charge in [-0.2, -0.15) is 0 Å². The predicted molar refractivity (Wildman–Crippen MR) is 135 cm³/mol. The van der Waals surface area contributed by atoms with E-state index in [9.17, 15) is 24.3 Å². The fourth-order valence-electron chi connectivity index (χ4n) is 5.60. The maximum absolute atomic E-state index is 13.3. The monoisotopic (exact) mass is 511 g/mol. The molecule has 4 rings (SSSR count). The number of furan rings is 1. The first-order chi connectivity index (χ1) is 17.4. The normalized spacial score (nSPS) is 20.9. The Labute approximate surface area is 215 Å². The molecule has 0 unspecified atom stereocenters. The van der Waals surface area contributed by atoms with Gasteiger partial charge in [-0.15, -0.1) is 0 Å². The smallest absolute Gasteiger partial charge is 0.326 e. The summed E-state index contributed by atoms with van der Waals surface area (Å²) in [6.07, 6.45) is 5.72. The second kappa shape index (κ2) is 10.0. The first kappa shape index (κ1) is 26.4. The number of hydrogen-bond donors (Lipinski definition) is 2. The Kier molecular flexibility index (Phi) is 7.17. The highest BCUT2D eigenvalue weighted by atomic mass is 16.5. The number of ether oxygens (including phenoxy) is 1. The van der Waals surface area contributed by atoms with Crippen LogP contribution in [0.3, 0.4) is 0 Å². The van der Waals surface area contributed by atoms with Gasteiger partial charge < -0.3 is 29.1 Å². The van der Waals surface area contributed by atoms with Crippen molar-refractivity contribution in [2.75, 3.05) is 0 Å². The van der Waals surface area contributed by atoms with Crippen LogP contribution < -0.4 is 4.74 Å². The number of carbonyl (C=O) groups is 4. The molecule has 0 spiro atoms. The molecule has 2 aromatic rings. The molecular formula is C28H33NO8. The Morgan fingerprint density at radius 2 is 1.95 bits per heavy atom. The molecule has 9 heteroatoms. The molecule has 3 heterocycles. The van der Waals surface area contributed by atoms with E-state index >= 15 is 0 Å². The van der Waals surface area contributed by atoms with Crippen LogP contribution in [0, 0.1) is 0 Å². The number of fused-ring (bicyclic) bond motifs is 2. The summed E-state index contributed by atoms with van der Waals surface area (Å²) in [5, 5.41) is 19.5. The van der Waals surface area contributed by atoms with Crippen molar-refractivity contribution in [3.05, 3.63) is 40.7 Å². The summed E-state index contributed by atoms with van der Waals surface area (Å²) < 4.78 is 12.6. The number of aliphatic carboxylic acids is 2. The minimum absolute atomic E-state index is 0.00440. The second-order valence-corrected chi connectivity index (χ2v) is 10.5. The topological polar surface area (TPSA) is 134 Å². The lowest BCUT2D eigenvalue weighted by atomic mass is 9.75. The number of benzene rings is 1. The van der Waals surface area contributed by atoms with Crippen LogP contribution >= 0.6 is 0 Å². The first-order valence-electron chi connectivity index (χ1n) is 12.6. The number of allylic oxidation sites excluding steroid dienone is 2. The molecule has 0 aliphatic carbocycles. The summed E-state index contributed by atoms with van der Waals surface area (Å²) in [5.74, 6) is -2.38. The summed E-state index contributed by atoms with van der Waals surface area (Å²) in [7, 11) is 0. The lowest BCUT2D eigenvalue weighted by Crippen LogP contribution is -2.42. The van der Waals surface area contributed by atoms with Crippen molar-refractivity contribution in [1.82, 2.24) is 4.90 Å². The van der Waals surface area contributed by atoms with Crippen molar-refractivity contribution < 1.29 is 38.5 Å². The number of ketones is 1. The van der Waals surface area contributed by atoms with Crippen LogP contribution in [0.5, 0.6) is 5.75 Å². The third-order valence-corrected chi connectivity index (χ3v) is 7.49. The third kappa shape index (κ3) is 4.99. The van der Waals surface area contributed by atoms with Gasteiger partial charge in [0.2, 0.25) is 0 Å². The van der Waals surface area contributed by atoms with E-state index in [1.165, 1.54) is 10.5 Å². The van der Waals surface area contributed by atoms with E-state index in [0.29, 0.717) is 41.7 Å². The number of nitrogens with zero attached hydrogens (tertiary/aromatic N) is 1. The van der Waals surface area contributed by atoms with E-state index < -0.39 is 29.5 Å². The minimum atomic E-state index is -1.27. The predicted octanol–water partition coefficient (Wildman–Crippen LogP) is 5.06. The number of carbonyl (C=O) groups excluding carboxylic acids is 2. The molecule has 0 fully saturated rings. The van der Waals surface area contributed by atoms with Gasteiger partial charge in [-0.05, 0) is 59.4 Å². The zero-order valence-corrected chi connectivity index (χ0v) is 21.6. The molecule has 1 aromatic heterocycles. The lowest BCUT2D eigenvalue weighted by molar-refractivity contribution is -0.143. The van der Waals surface area contributed by atoms with Gasteiger partial charge in [-0.3, -0.25) is 9.59 Å². The van der Waals surface area contributed by atoms with Crippen molar-refractivity contribution >= 4 is 34.6 Å². The van der Waals surface area contributed by atoms with E-state index in [0.717, 1.165) is 17.4 Å². The molecule has 0 saturated heterocycles. The molecule has 0 saturated carbocycles. The number of Topliss-reactive ketones (excluding diaryl/α,β-unsaturated/α-hetero) is 1. The van der Waals surface area contributed by atoms with Gasteiger partial charge in [0.25, 0.3) is 5.91 Å². The van der Waals surface area contributed by atoms with Crippen molar-refractivity contribution in [2.45, 2.75) is 90.3 Å². The molecule has 198 valence electrons. The summed E-state index contributed by atoms with van der Waals surface area (Å²) >= 11 is 0. The van der Waals surface area contributed by atoms with Crippen molar-refractivity contribution in [1.29, 1.82) is 0 Å². The van der Waals surface area contributed by atoms with Gasteiger partial charge >= 0.3 is 11.9 Å². The summed E-state index contributed by atoms with van der Waals surface area (Å²) in [5.41, 5.74) is 2.82. The van der Waals surface area contributed by atoms with Crippen LogP contribution in [-0.4, -0.2) is 50.4 Å². The van der Waals surface area contributed by atoms with E-state index in [2.05, 4.69) is 6.08 Å². The van der Waals surface area contributed by atoms with Gasteiger partial charge in [0.05, 0.1) is 23.8 Å². The molecule has 2 N–H and O–H groups in total. The Bertz CT molecular complexity index is 1300. The molecule has 37 heavy (non-hydrogen) atoms. The highest BCUT2D eigenvalue weighted by Crippen LogP contribution is 2.52. The summed E-state index contributed by atoms with van der Waals surface area (Å²) in [6, 6.07) is 0.391. The fraction of sp³-hybridized carbons (Fsp3) is 0.500. The van der Waals surface area contributed by atoms with Crippen molar-refractivity contribution in [3.8, 4) is 5.75 Å². The van der Waals surface area contributed by atoms with E-state index in [1.54, 1.807) is 19.3 Å². The van der Waals surface area contributed by atoms with E-state index in [4.69, 9.17) is 14.3 Å². The second-order valence-electron chi connectivity index (χ2n) is 10.5. The molecular weight excluding hydrogens is 478 g/mol. The van der Waals surface area contributed by atoms with Gasteiger partial charge in [0, 0.05) is 29.9 Å². The number of rotatable bonds is 11. The van der Waals surface area contributed by atoms with Crippen LogP contribution in [-0.2, 0) is 20.9 Å². The molecule has 1 amide bonds. The van der Waals surface area contributed by atoms with Gasteiger partial charge in [0.15, 0.2) is 0 Å². The molecule has 3 atom stereocenters. The highest BCUT2D eigenvalue weighted by Gasteiger charge is 2.46. The minimum Gasteiger partial charge on any atom is -0.486 e. The standard InChI is InChI=1S/C28H33NO8/c1-15(2)6-5-11-28(4)20(8-7-16(3)30)19-14-36-25-18-13-29(21(27(34)35)9-10-23(31)32)26(33)17(18)12-22(37-28)24(19)25/h6,12,14,20-21H,5,7-11,13H2,1-4H3,(H,31,32)(H,34,35)/t20-,21-,28+/m0/s1. The zero-order chi connectivity index (χ0) is 27.1. The highest BCUT2D eigenvalue weighted by molar-refractivity contribution is 6.07. The largest absolute Gasteiger partial charge is 0.486 e. The molecule has 2 aliphatic heterocycles. The van der Waals surface area contributed by atoms with Gasteiger partial charge in [-0.25, -0.2) is 4.79 Å². The van der Waals surface area contributed by atoms with Crippen molar-refractivity contribution in [3.63, 3.8) is 0 Å². The molecule has 0 bridgehead atoms. The maximum Gasteiger partial charge on any atom is 0.326 e. The number of hydrogen-bond acceptors (Lipinski definition) is 6. The molecule has 0 radical (unpaired) electrons. The number of carboxylic acid groups (broad SMARTS) is 2. The molecule has 1 aromatic carbocycles. The maximum atomic E-state index is 13.3. The van der Waals surface area contributed by atoms with Crippen LogP contribution in [0.1, 0.15) is 93.6 Å². The van der Waals surface area contributed by atoms with Crippen molar-refractivity contribution in [2.24, 2.45) is 0 Å². The zero-order valence-electron chi connectivity index (χ0n) is 21.6. The third-order valence-electron chi connectivity index (χ3n) is 7.49. The Balaban J connectivity index is 1.75. The number of carboxylic acids is 2. The van der Waals surface area contributed by atoms with E-state index in [1.807, 2.05) is 20.8 Å². The lowest BCUT2D eigenvalue weighted by Gasteiger charge is -2.41. The quantitative estimate of drug-likeness (QED) is 0.400. The van der Waals surface area contributed by atoms with Gasteiger partial charge in [0.1, 0.15) is 28.8 Å². The number of amides is 1. The average Bonchev–Trinajstić information content (AvgIpc) is 3.36. The molecule has 2 aliphatic rings. The average molecular weight is 512 g/mol. The Morgan fingerprint density at radius 3 is 2.57 bits per heavy atom. The summed E-state index contributed by atoms with van der Waals surface area (Å²) in [4.78, 5) is 49.4. The van der Waals surface area contributed by atoms with Gasteiger partial charge in [-0.1, -0.05) is 11.6 Å². The van der Waals surface area contributed by atoms with Crippen LogP contribution in [0.25, 0.3) is 11.0 Å². The van der Waals surface area contributed by atoms with Crippen LogP contribution in [0.2, 0.25) is 0 Å². The Hall–Kier alpha value is -3.62. The fourth-order valence-corrected chi connectivity index (χ4v) is 5.60. The molecule has 9 nitrogen and oxygen atoms in total. The van der Waals surface area contributed by atoms with E-state index in [-0.39, 0.29) is 31.1 Å². The van der Waals surface area contributed by atoms with Crippen LogP contribution in [0.4, 0.5) is 0 Å². The SMILES string of the molecule is CC(=O)CC[C@H]1c2coc3c4c(cc(c23)O[C@]1(C)CCC=C(C)C)C(=O)N([C@@H](CCC(=O)O)C(=O)O)C4. The first-order valence-corrected chi connectivity index (χ1v) is 12.6. The summed E-state index contributed by atoms with van der Waals surface area (Å²) in [6.45, 7) is 7.66. The van der Waals surface area contributed by atoms with Crippen LogP contribution in [0.15, 0.2) is 28.4 Å².